The van der Waals surface area contributed by atoms with Gasteiger partial charge in [0.05, 0.1) is 39.2 Å². The van der Waals surface area contributed by atoms with Crippen LogP contribution < -0.4 is 11.5 Å². The Hall–Kier alpha value is -0.200. The van der Waals surface area contributed by atoms with Crippen molar-refractivity contribution in [2.24, 2.45) is 11.5 Å². The zero-order valence-corrected chi connectivity index (χ0v) is 9.61. The van der Waals surface area contributed by atoms with Gasteiger partial charge in [0.1, 0.15) is 0 Å². The molecule has 0 fully saturated rings. The summed E-state index contributed by atoms with van der Waals surface area (Å²) in [5.41, 5.74) is 10.6. The van der Waals surface area contributed by atoms with Crippen LogP contribution in [0.5, 0.6) is 0 Å². The van der Waals surface area contributed by atoms with Crippen LogP contribution in [0.3, 0.4) is 0 Å². The minimum Gasteiger partial charge on any atom is -0.379 e. The van der Waals surface area contributed by atoms with Gasteiger partial charge in [-0.05, 0) is 6.42 Å². The molecule has 0 unspecified atom stereocenters. The summed E-state index contributed by atoms with van der Waals surface area (Å²) in [6, 6.07) is 0. The Bertz CT molecular complexity index is 123. The minimum atomic E-state index is -0.401. The summed E-state index contributed by atoms with van der Waals surface area (Å²) in [5.74, 6) is 0. The molecule has 92 valence electrons. The zero-order valence-electron chi connectivity index (χ0n) is 9.61. The quantitative estimate of drug-likeness (QED) is 0.381. The minimum absolute atomic E-state index is 0.371. The second-order valence-electron chi connectivity index (χ2n) is 3.32. The van der Waals surface area contributed by atoms with Crippen molar-refractivity contribution in [1.29, 1.82) is 0 Å². The van der Waals surface area contributed by atoms with Crippen LogP contribution in [-0.4, -0.2) is 45.8 Å². The van der Waals surface area contributed by atoms with Gasteiger partial charge < -0.3 is 25.7 Å². The first-order valence-electron chi connectivity index (χ1n) is 5.51. The molecular weight excluding hydrogens is 196 g/mol. The van der Waals surface area contributed by atoms with Gasteiger partial charge in [0.25, 0.3) is 0 Å². The summed E-state index contributed by atoms with van der Waals surface area (Å²) >= 11 is 0. The zero-order chi connectivity index (χ0) is 11.4. The summed E-state index contributed by atoms with van der Waals surface area (Å²) in [6.45, 7) is 5.68. The van der Waals surface area contributed by atoms with Crippen molar-refractivity contribution in [3.8, 4) is 0 Å². The summed E-state index contributed by atoms with van der Waals surface area (Å²) in [4.78, 5) is 0. The molecule has 0 saturated heterocycles. The lowest BCUT2D eigenvalue weighted by Gasteiger charge is -2.07. The molecule has 0 saturated carbocycles. The van der Waals surface area contributed by atoms with Crippen molar-refractivity contribution >= 4 is 0 Å². The van der Waals surface area contributed by atoms with Crippen molar-refractivity contribution in [3.05, 3.63) is 0 Å². The van der Waals surface area contributed by atoms with Gasteiger partial charge in [-0.3, -0.25) is 0 Å². The first-order valence-corrected chi connectivity index (χ1v) is 5.51. The highest BCUT2D eigenvalue weighted by atomic mass is 16.5. The van der Waals surface area contributed by atoms with Gasteiger partial charge >= 0.3 is 0 Å². The Morgan fingerprint density at radius 1 is 0.867 bits per heavy atom. The SMILES string of the molecule is CCCCOCCOCCOCC(N)N. The number of hydrogen-bond acceptors (Lipinski definition) is 5. The molecule has 0 aliphatic carbocycles. The van der Waals surface area contributed by atoms with E-state index in [4.69, 9.17) is 25.7 Å². The van der Waals surface area contributed by atoms with Gasteiger partial charge in [-0.15, -0.1) is 0 Å². The van der Waals surface area contributed by atoms with Gasteiger partial charge in [-0.25, -0.2) is 0 Å². The van der Waals surface area contributed by atoms with Crippen LogP contribution >= 0.6 is 0 Å². The van der Waals surface area contributed by atoms with Crippen LogP contribution in [0, 0.1) is 0 Å². The van der Waals surface area contributed by atoms with Gasteiger partial charge in [-0.2, -0.15) is 0 Å². The largest absolute Gasteiger partial charge is 0.379 e. The average molecular weight is 220 g/mol. The van der Waals surface area contributed by atoms with Crippen molar-refractivity contribution in [3.63, 3.8) is 0 Å². The second kappa shape index (κ2) is 11.9. The normalized spacial score (nSPS) is 11.2. The van der Waals surface area contributed by atoms with E-state index in [2.05, 4.69) is 6.92 Å². The van der Waals surface area contributed by atoms with Crippen LogP contribution in [-0.2, 0) is 14.2 Å². The van der Waals surface area contributed by atoms with Crippen molar-refractivity contribution in [2.45, 2.75) is 25.9 Å². The van der Waals surface area contributed by atoms with Crippen LogP contribution in [0.2, 0.25) is 0 Å². The molecule has 4 N–H and O–H groups in total. The molecule has 0 aromatic carbocycles. The van der Waals surface area contributed by atoms with Crippen LogP contribution in [0.15, 0.2) is 0 Å². The van der Waals surface area contributed by atoms with Gasteiger partial charge in [0, 0.05) is 6.61 Å². The third-order valence-corrected chi connectivity index (χ3v) is 1.70. The maximum Gasteiger partial charge on any atom is 0.0762 e. The number of nitrogens with two attached hydrogens (primary N) is 2. The fourth-order valence-electron chi connectivity index (χ4n) is 0.906. The van der Waals surface area contributed by atoms with E-state index in [0.717, 1.165) is 19.4 Å². The molecule has 0 aromatic rings. The lowest BCUT2D eigenvalue weighted by Crippen LogP contribution is -2.35. The third-order valence-electron chi connectivity index (χ3n) is 1.70. The maximum absolute atomic E-state index is 5.31. The topological polar surface area (TPSA) is 79.7 Å². The standard InChI is InChI=1S/C10H24N2O3/c1-2-3-4-13-5-6-14-7-8-15-9-10(11)12/h10H,2-9,11-12H2,1H3. The third kappa shape index (κ3) is 13.8. The van der Waals surface area contributed by atoms with Crippen molar-refractivity contribution in [2.75, 3.05) is 39.6 Å². The smallest absolute Gasteiger partial charge is 0.0762 e. The highest BCUT2D eigenvalue weighted by molar-refractivity contribution is 4.45. The molecule has 0 aliphatic rings. The molecule has 0 aliphatic heterocycles. The molecule has 0 aromatic heterocycles. The van der Waals surface area contributed by atoms with Gasteiger partial charge in [-0.1, -0.05) is 13.3 Å². The van der Waals surface area contributed by atoms with Crippen LogP contribution in [0.4, 0.5) is 0 Å². The highest BCUT2D eigenvalue weighted by Crippen LogP contribution is 1.87. The molecule has 0 radical (unpaired) electrons. The first-order chi connectivity index (χ1) is 7.27. The van der Waals surface area contributed by atoms with E-state index in [1.165, 1.54) is 0 Å². The molecule has 0 spiro atoms. The molecule has 0 bridgehead atoms. The molecule has 0 atom stereocenters. The van der Waals surface area contributed by atoms with Gasteiger partial charge in [0.2, 0.25) is 0 Å². The van der Waals surface area contributed by atoms with E-state index < -0.39 is 6.17 Å². The second-order valence-corrected chi connectivity index (χ2v) is 3.32. The lowest BCUT2D eigenvalue weighted by molar-refractivity contribution is 0.0119. The Labute approximate surface area is 92.0 Å². The van der Waals surface area contributed by atoms with Crippen LogP contribution in [0.1, 0.15) is 19.8 Å². The average Bonchev–Trinajstić information content (AvgIpc) is 2.20. The molecule has 0 heterocycles. The molecule has 5 nitrogen and oxygen atoms in total. The molecule has 0 amide bonds. The summed E-state index contributed by atoms with van der Waals surface area (Å²) in [7, 11) is 0. The van der Waals surface area contributed by atoms with Gasteiger partial charge in [0.15, 0.2) is 0 Å². The summed E-state index contributed by atoms with van der Waals surface area (Å²) in [5, 5.41) is 0. The Morgan fingerprint density at radius 2 is 1.40 bits per heavy atom. The maximum atomic E-state index is 5.31. The van der Waals surface area contributed by atoms with E-state index in [9.17, 15) is 0 Å². The Morgan fingerprint density at radius 3 is 1.93 bits per heavy atom. The highest BCUT2D eigenvalue weighted by Gasteiger charge is 1.94. The Kier molecular flexibility index (Phi) is 11.7. The predicted molar refractivity (Wildman–Crippen MR) is 59.5 cm³/mol. The van der Waals surface area contributed by atoms with Crippen LogP contribution in [0.25, 0.3) is 0 Å². The number of rotatable bonds is 11. The number of unbranched alkanes of at least 4 members (excludes halogenated alkanes) is 1. The summed E-state index contributed by atoms with van der Waals surface area (Å²) < 4.78 is 15.7. The van der Waals surface area contributed by atoms with E-state index in [-0.39, 0.29) is 0 Å². The lowest BCUT2D eigenvalue weighted by atomic mass is 10.4. The first kappa shape index (κ1) is 14.8. The Balaban J connectivity index is 2.87. The molecule has 0 rings (SSSR count). The predicted octanol–water partition coefficient (Wildman–Crippen LogP) is 0.0798. The van der Waals surface area contributed by atoms with E-state index in [1.54, 1.807) is 0 Å². The number of ether oxygens (including phenoxy) is 3. The number of hydrogen-bond donors (Lipinski definition) is 2. The fraction of sp³-hybridized carbons (Fsp3) is 1.00. The summed E-state index contributed by atoms with van der Waals surface area (Å²) in [6.07, 6.45) is 1.87. The molecular formula is C10H24N2O3. The van der Waals surface area contributed by atoms with Crippen molar-refractivity contribution < 1.29 is 14.2 Å². The van der Waals surface area contributed by atoms with E-state index in [0.29, 0.717) is 33.0 Å². The van der Waals surface area contributed by atoms with E-state index >= 15 is 0 Å². The molecule has 5 heteroatoms. The monoisotopic (exact) mass is 220 g/mol. The van der Waals surface area contributed by atoms with E-state index in [1.807, 2.05) is 0 Å². The molecule has 15 heavy (non-hydrogen) atoms. The fourth-order valence-corrected chi connectivity index (χ4v) is 0.906. The van der Waals surface area contributed by atoms with Crippen molar-refractivity contribution in [1.82, 2.24) is 0 Å².